The number of anilines is 1. The molecule has 4 N–H and O–H groups in total. The van der Waals surface area contributed by atoms with Gasteiger partial charge >= 0.3 is 0 Å². The van der Waals surface area contributed by atoms with Gasteiger partial charge in [-0.05, 0) is 44.2 Å². The predicted molar refractivity (Wildman–Crippen MR) is 130 cm³/mol. The number of aromatic nitrogens is 2. The summed E-state index contributed by atoms with van der Waals surface area (Å²) in [5, 5.41) is 20.7. The van der Waals surface area contributed by atoms with Crippen LogP contribution in [-0.4, -0.2) is 35.4 Å². The summed E-state index contributed by atoms with van der Waals surface area (Å²) in [6, 6.07) is 11.8. The minimum absolute atomic E-state index is 0. The van der Waals surface area contributed by atoms with Gasteiger partial charge in [-0.3, -0.25) is 4.99 Å². The first-order valence-corrected chi connectivity index (χ1v) is 9.91. The standard InChI is InChI=1S/C21H31N7.HI/c1-4-24-21(26-14-12-16(2)3)25-13-8-11-19-18(15-22)20(23)28(27-19)17-9-6-5-7-10-17;/h5-7,9-10,16H,4,8,11-14,23H2,1-3H3,(H2,24,25,26);1H. The van der Waals surface area contributed by atoms with E-state index in [0.717, 1.165) is 43.3 Å². The molecule has 29 heavy (non-hydrogen) atoms. The topological polar surface area (TPSA) is 104 Å². The molecule has 0 radical (unpaired) electrons. The molecule has 1 heterocycles. The van der Waals surface area contributed by atoms with Crippen molar-refractivity contribution >= 4 is 35.8 Å². The van der Waals surface area contributed by atoms with Crippen LogP contribution in [0, 0.1) is 17.2 Å². The van der Waals surface area contributed by atoms with E-state index in [-0.39, 0.29) is 24.0 Å². The molecule has 1 aromatic carbocycles. The molecule has 0 fully saturated rings. The lowest BCUT2D eigenvalue weighted by molar-refractivity contribution is 0.573. The number of benzene rings is 1. The normalized spacial score (nSPS) is 11.1. The van der Waals surface area contributed by atoms with Gasteiger partial charge in [0.1, 0.15) is 17.5 Å². The lowest BCUT2D eigenvalue weighted by Crippen LogP contribution is -2.38. The number of halogens is 1. The van der Waals surface area contributed by atoms with Gasteiger partial charge in [-0.15, -0.1) is 24.0 Å². The summed E-state index contributed by atoms with van der Waals surface area (Å²) in [5.41, 5.74) is 8.17. The number of nitrogens with one attached hydrogen (secondary N) is 2. The largest absolute Gasteiger partial charge is 0.382 e. The second-order valence-corrected chi connectivity index (χ2v) is 7.04. The number of hydrogen-bond donors (Lipinski definition) is 3. The summed E-state index contributed by atoms with van der Waals surface area (Å²) in [4.78, 5) is 4.61. The highest BCUT2D eigenvalue weighted by atomic mass is 127. The Morgan fingerprint density at radius 2 is 2.00 bits per heavy atom. The molecule has 0 atom stereocenters. The zero-order valence-corrected chi connectivity index (χ0v) is 19.8. The van der Waals surface area contributed by atoms with E-state index in [9.17, 15) is 5.26 Å². The SMILES string of the molecule is CCNC(=NCCCc1nn(-c2ccccc2)c(N)c1C#N)NCCC(C)C.I. The molecule has 0 saturated carbocycles. The number of rotatable bonds is 9. The van der Waals surface area contributed by atoms with Crippen LogP contribution < -0.4 is 16.4 Å². The summed E-state index contributed by atoms with van der Waals surface area (Å²) in [6.07, 6.45) is 2.55. The van der Waals surface area contributed by atoms with Gasteiger partial charge in [-0.25, -0.2) is 4.68 Å². The highest BCUT2D eigenvalue weighted by Gasteiger charge is 2.16. The minimum Gasteiger partial charge on any atom is -0.382 e. The molecule has 0 aliphatic rings. The molecule has 0 amide bonds. The summed E-state index contributed by atoms with van der Waals surface area (Å²) < 4.78 is 1.63. The molecule has 0 bridgehead atoms. The molecule has 0 aliphatic heterocycles. The summed E-state index contributed by atoms with van der Waals surface area (Å²) in [7, 11) is 0. The maximum atomic E-state index is 9.49. The molecule has 8 heteroatoms. The molecule has 0 spiro atoms. The van der Waals surface area contributed by atoms with Crippen molar-refractivity contribution in [2.75, 3.05) is 25.4 Å². The molecule has 0 aliphatic carbocycles. The molecule has 0 saturated heterocycles. The first-order chi connectivity index (χ1) is 13.6. The Morgan fingerprint density at radius 3 is 2.62 bits per heavy atom. The Kier molecular flexibility index (Phi) is 11.1. The lowest BCUT2D eigenvalue weighted by Gasteiger charge is -2.12. The van der Waals surface area contributed by atoms with E-state index < -0.39 is 0 Å². The Hall–Kier alpha value is -2.28. The Labute approximate surface area is 190 Å². The summed E-state index contributed by atoms with van der Waals surface area (Å²) in [6.45, 7) is 8.85. The third-order valence-corrected chi connectivity index (χ3v) is 4.31. The van der Waals surface area contributed by atoms with Gasteiger partial charge in [0.25, 0.3) is 0 Å². The second kappa shape index (κ2) is 13.0. The number of guanidine groups is 1. The van der Waals surface area contributed by atoms with Gasteiger partial charge in [-0.1, -0.05) is 32.0 Å². The van der Waals surface area contributed by atoms with Crippen molar-refractivity contribution in [3.05, 3.63) is 41.6 Å². The van der Waals surface area contributed by atoms with Crippen LogP contribution in [0.5, 0.6) is 0 Å². The van der Waals surface area contributed by atoms with Crippen LogP contribution in [0.25, 0.3) is 5.69 Å². The zero-order chi connectivity index (χ0) is 20.4. The van der Waals surface area contributed by atoms with E-state index in [1.54, 1.807) is 4.68 Å². The number of para-hydroxylation sites is 1. The average molecular weight is 509 g/mol. The third kappa shape index (κ3) is 7.57. The van der Waals surface area contributed by atoms with Gasteiger partial charge in [0.15, 0.2) is 5.96 Å². The van der Waals surface area contributed by atoms with Crippen LogP contribution >= 0.6 is 24.0 Å². The zero-order valence-electron chi connectivity index (χ0n) is 17.5. The lowest BCUT2D eigenvalue weighted by atomic mass is 10.1. The number of nitriles is 1. The fourth-order valence-corrected chi connectivity index (χ4v) is 2.80. The highest BCUT2D eigenvalue weighted by Crippen LogP contribution is 2.21. The number of nitrogen functional groups attached to an aromatic ring is 1. The third-order valence-electron chi connectivity index (χ3n) is 4.31. The maximum absolute atomic E-state index is 9.49. The summed E-state index contributed by atoms with van der Waals surface area (Å²) in [5.74, 6) is 1.87. The van der Waals surface area contributed by atoms with Crippen LogP contribution in [0.1, 0.15) is 44.9 Å². The first kappa shape index (κ1) is 24.8. The van der Waals surface area contributed by atoms with E-state index >= 15 is 0 Å². The quantitative estimate of drug-likeness (QED) is 0.208. The Morgan fingerprint density at radius 1 is 1.28 bits per heavy atom. The molecule has 2 aromatic rings. The van der Waals surface area contributed by atoms with Crippen molar-refractivity contribution in [2.24, 2.45) is 10.9 Å². The number of aliphatic imine (C=N–C) groups is 1. The van der Waals surface area contributed by atoms with Crippen molar-refractivity contribution < 1.29 is 0 Å². The Balaban J connectivity index is 0.00000420. The molecule has 7 nitrogen and oxygen atoms in total. The highest BCUT2D eigenvalue weighted by molar-refractivity contribution is 14.0. The monoisotopic (exact) mass is 509 g/mol. The van der Waals surface area contributed by atoms with Gasteiger partial charge in [0, 0.05) is 19.6 Å². The van der Waals surface area contributed by atoms with Gasteiger partial charge in [0.05, 0.1) is 11.4 Å². The number of nitrogens with zero attached hydrogens (tertiary/aromatic N) is 4. The fourth-order valence-electron chi connectivity index (χ4n) is 2.80. The van der Waals surface area contributed by atoms with E-state index in [1.165, 1.54) is 0 Å². The summed E-state index contributed by atoms with van der Waals surface area (Å²) >= 11 is 0. The van der Waals surface area contributed by atoms with Crippen LogP contribution in [0.4, 0.5) is 5.82 Å². The molecule has 2 rings (SSSR count). The molecular formula is C21H32IN7. The molecular weight excluding hydrogens is 477 g/mol. The number of hydrogen-bond acceptors (Lipinski definition) is 4. The maximum Gasteiger partial charge on any atom is 0.191 e. The van der Waals surface area contributed by atoms with E-state index in [4.69, 9.17) is 5.73 Å². The Bertz CT molecular complexity index is 806. The average Bonchev–Trinajstić information content (AvgIpc) is 3.01. The first-order valence-electron chi connectivity index (χ1n) is 9.91. The smallest absolute Gasteiger partial charge is 0.191 e. The molecule has 158 valence electrons. The minimum atomic E-state index is 0. The van der Waals surface area contributed by atoms with Crippen molar-refractivity contribution in [1.29, 1.82) is 5.26 Å². The van der Waals surface area contributed by atoms with Crippen molar-refractivity contribution in [3.63, 3.8) is 0 Å². The fraction of sp³-hybridized carbons (Fsp3) is 0.476. The number of aryl methyl sites for hydroxylation is 1. The van der Waals surface area contributed by atoms with Crippen LogP contribution in [0.2, 0.25) is 0 Å². The van der Waals surface area contributed by atoms with Crippen LogP contribution in [0.3, 0.4) is 0 Å². The van der Waals surface area contributed by atoms with Crippen molar-refractivity contribution in [3.8, 4) is 11.8 Å². The van der Waals surface area contributed by atoms with Crippen molar-refractivity contribution in [1.82, 2.24) is 20.4 Å². The van der Waals surface area contributed by atoms with Gasteiger partial charge in [-0.2, -0.15) is 10.4 Å². The number of nitrogens with two attached hydrogens (primary N) is 1. The van der Waals surface area contributed by atoms with Crippen LogP contribution in [0.15, 0.2) is 35.3 Å². The predicted octanol–water partition coefficient (Wildman–Crippen LogP) is 3.48. The van der Waals surface area contributed by atoms with Gasteiger partial charge in [0.2, 0.25) is 0 Å². The van der Waals surface area contributed by atoms with Crippen LogP contribution in [-0.2, 0) is 6.42 Å². The second-order valence-electron chi connectivity index (χ2n) is 7.04. The van der Waals surface area contributed by atoms with E-state index in [1.807, 2.05) is 30.3 Å². The molecule has 1 aromatic heterocycles. The van der Waals surface area contributed by atoms with Gasteiger partial charge < -0.3 is 16.4 Å². The molecule has 0 unspecified atom stereocenters. The van der Waals surface area contributed by atoms with Crippen molar-refractivity contribution in [2.45, 2.75) is 40.0 Å². The van der Waals surface area contributed by atoms with E-state index in [0.29, 0.717) is 30.3 Å². The van der Waals surface area contributed by atoms with E-state index in [2.05, 4.69) is 47.6 Å².